The fourth-order valence-electron chi connectivity index (χ4n) is 8.15. The average molecular weight is 676 g/mol. The summed E-state index contributed by atoms with van der Waals surface area (Å²) in [5.41, 5.74) is 2.11. The Labute approximate surface area is 275 Å². The van der Waals surface area contributed by atoms with E-state index in [4.69, 9.17) is 21.1 Å². The highest BCUT2D eigenvalue weighted by Crippen LogP contribution is 2.68. The lowest BCUT2D eigenvalue weighted by atomic mass is 9.68. The van der Waals surface area contributed by atoms with E-state index in [0.29, 0.717) is 28.8 Å². The molecule has 46 heavy (non-hydrogen) atoms. The Morgan fingerprint density at radius 3 is 2.48 bits per heavy atom. The number of methoxy groups -OCH3 is 1. The number of aromatic nitrogens is 1. The number of benzene rings is 3. The van der Waals surface area contributed by atoms with Gasteiger partial charge in [-0.3, -0.25) is 29.4 Å². The summed E-state index contributed by atoms with van der Waals surface area (Å²) >= 11 is 8.95. The number of ether oxygens (including phenoxy) is 2. The van der Waals surface area contributed by atoms with Gasteiger partial charge in [0.25, 0.3) is 5.69 Å². The number of hydrogen-bond donors (Lipinski definition) is 1. The molecule has 2 bridgehead atoms. The molecule has 7 atom stereocenters. The first kappa shape index (κ1) is 29.3. The first-order valence-corrected chi connectivity index (χ1v) is 16.9. The molecule has 0 radical (unpaired) electrons. The van der Waals surface area contributed by atoms with Crippen LogP contribution in [0.4, 0.5) is 11.4 Å². The lowest BCUT2D eigenvalue weighted by Gasteiger charge is -2.43. The van der Waals surface area contributed by atoms with E-state index in [-0.39, 0.29) is 51.3 Å². The number of nitro benzene ring substituents is 1. The maximum absolute atomic E-state index is 14.0. The smallest absolute Gasteiger partial charge is 0.305 e. The van der Waals surface area contributed by atoms with Crippen molar-refractivity contribution in [1.82, 2.24) is 4.98 Å². The second-order valence-electron chi connectivity index (χ2n) is 12.1. The molecule has 10 nitrogen and oxygen atoms in total. The summed E-state index contributed by atoms with van der Waals surface area (Å²) in [6.45, 7) is 0.304. The van der Waals surface area contributed by atoms with Crippen molar-refractivity contribution in [3.63, 3.8) is 0 Å². The molecule has 1 saturated heterocycles. The molecule has 4 aromatic rings. The van der Waals surface area contributed by atoms with Crippen LogP contribution in [-0.2, 0) is 16.2 Å². The second-order valence-corrected chi connectivity index (χ2v) is 14.7. The molecule has 3 aromatic carbocycles. The molecular formula is C33H26ClN3O7S2. The summed E-state index contributed by atoms with van der Waals surface area (Å²) in [5, 5.41) is 12.6. The Morgan fingerprint density at radius 1 is 1.00 bits per heavy atom. The van der Waals surface area contributed by atoms with Gasteiger partial charge in [0, 0.05) is 33.2 Å². The van der Waals surface area contributed by atoms with Gasteiger partial charge in [-0.25, -0.2) is 0 Å². The zero-order chi connectivity index (χ0) is 31.9. The van der Waals surface area contributed by atoms with Gasteiger partial charge < -0.3 is 14.5 Å². The Morgan fingerprint density at radius 2 is 1.76 bits per heavy atom. The van der Waals surface area contributed by atoms with Gasteiger partial charge in [-0.2, -0.15) is 0 Å². The third kappa shape index (κ3) is 4.49. The van der Waals surface area contributed by atoms with Gasteiger partial charge in [-0.15, -0.1) is 11.8 Å². The van der Waals surface area contributed by atoms with Crippen LogP contribution in [0.2, 0.25) is 5.02 Å². The number of nitrogens with one attached hydrogen (secondary N) is 1. The quantitative estimate of drug-likeness (QED) is 0.138. The summed E-state index contributed by atoms with van der Waals surface area (Å²) in [7, 11) is 1.59. The Hall–Kier alpha value is -4.13. The highest BCUT2D eigenvalue weighted by molar-refractivity contribution is 8.00. The fraction of sp³-hybridized carbons (Fsp3) is 0.303. The normalized spacial score (nSPS) is 27.3. The van der Waals surface area contributed by atoms with Gasteiger partial charge in [0.1, 0.15) is 6.61 Å². The minimum Gasteiger partial charge on any atom is -0.493 e. The molecule has 4 aliphatic rings. The minimum absolute atomic E-state index is 0.00620. The zero-order valence-electron chi connectivity index (χ0n) is 24.3. The summed E-state index contributed by atoms with van der Waals surface area (Å²) in [4.78, 5) is 56.2. The average Bonchev–Trinajstić information content (AvgIpc) is 3.78. The molecule has 13 heteroatoms. The first-order valence-electron chi connectivity index (χ1n) is 14.8. The largest absolute Gasteiger partial charge is 0.493 e. The molecule has 2 aliphatic heterocycles. The number of aromatic amines is 1. The molecule has 2 aliphatic carbocycles. The number of anilines is 1. The maximum Gasteiger partial charge on any atom is 0.305 e. The van der Waals surface area contributed by atoms with Gasteiger partial charge in [-0.1, -0.05) is 41.1 Å². The lowest BCUT2D eigenvalue weighted by molar-refractivity contribution is -0.384. The van der Waals surface area contributed by atoms with E-state index in [2.05, 4.69) is 4.98 Å². The molecule has 234 valence electrons. The van der Waals surface area contributed by atoms with Crippen molar-refractivity contribution in [2.24, 2.45) is 29.6 Å². The van der Waals surface area contributed by atoms with Crippen molar-refractivity contribution in [2.75, 3.05) is 12.0 Å². The van der Waals surface area contributed by atoms with Crippen LogP contribution in [0.3, 0.4) is 0 Å². The van der Waals surface area contributed by atoms with Crippen molar-refractivity contribution in [2.45, 2.75) is 29.2 Å². The van der Waals surface area contributed by atoms with Gasteiger partial charge in [0.05, 0.1) is 34.6 Å². The van der Waals surface area contributed by atoms with Crippen molar-refractivity contribution in [1.29, 1.82) is 0 Å². The Kier molecular flexibility index (Phi) is 7.00. The number of amides is 2. The van der Waals surface area contributed by atoms with Crippen molar-refractivity contribution in [3.05, 3.63) is 108 Å². The number of rotatable bonds is 7. The standard InChI is InChI=1S/C33H26ClN3O7S2/c1-43-23-12-16(5-10-22(23)44-14-15-3-2-4-17(34)11-15)24-25-20-13-21(28(25)45-30-29(24)46-33(40)35-30)27-26(20)31(38)36(32(27)39)18-6-8-19(9-7-18)37(41)42/h2-12,20-21,24-28H,13-14H2,1H3,(H,35,40)/t20?,21?,24-,25?,26?,27?,28?/m1/s1. The second kappa shape index (κ2) is 11.0. The fourth-order valence-corrected chi connectivity index (χ4v) is 11.3. The van der Waals surface area contributed by atoms with Crippen LogP contribution in [-0.4, -0.2) is 34.1 Å². The number of halogens is 1. The van der Waals surface area contributed by atoms with Gasteiger partial charge in [0.2, 0.25) is 11.8 Å². The summed E-state index contributed by atoms with van der Waals surface area (Å²) in [5.74, 6) is -0.650. The van der Waals surface area contributed by atoms with E-state index in [1.54, 1.807) is 24.9 Å². The monoisotopic (exact) mass is 675 g/mol. The number of nitro groups is 1. The van der Waals surface area contributed by atoms with E-state index in [1.165, 1.54) is 40.5 Å². The van der Waals surface area contributed by atoms with Crippen LogP contribution in [0.5, 0.6) is 11.5 Å². The summed E-state index contributed by atoms with van der Waals surface area (Å²) in [6, 6.07) is 18.8. The molecule has 2 amide bonds. The van der Waals surface area contributed by atoms with E-state index in [9.17, 15) is 24.5 Å². The topological polar surface area (TPSA) is 132 Å². The van der Waals surface area contributed by atoms with Crippen LogP contribution in [0.15, 0.2) is 76.6 Å². The van der Waals surface area contributed by atoms with E-state index in [1.807, 2.05) is 36.4 Å². The molecule has 0 spiro atoms. The maximum atomic E-state index is 14.0. The molecule has 2 saturated carbocycles. The number of imide groups is 1. The van der Waals surface area contributed by atoms with Gasteiger partial charge in [0.15, 0.2) is 11.5 Å². The highest BCUT2D eigenvalue weighted by Gasteiger charge is 2.69. The molecule has 1 aromatic heterocycles. The number of non-ortho nitro benzene ring substituents is 1. The van der Waals surface area contributed by atoms with Crippen LogP contribution in [0.1, 0.15) is 28.3 Å². The predicted molar refractivity (Wildman–Crippen MR) is 173 cm³/mol. The third-order valence-corrected chi connectivity index (χ3v) is 12.7. The molecule has 8 rings (SSSR count). The summed E-state index contributed by atoms with van der Waals surface area (Å²) < 4.78 is 11.9. The first-order chi connectivity index (χ1) is 22.2. The van der Waals surface area contributed by atoms with Crippen LogP contribution in [0, 0.1) is 39.7 Å². The van der Waals surface area contributed by atoms with E-state index < -0.39 is 16.8 Å². The van der Waals surface area contributed by atoms with E-state index >= 15 is 0 Å². The Balaban J connectivity index is 1.13. The number of hydrogen-bond acceptors (Lipinski definition) is 9. The van der Waals surface area contributed by atoms with Crippen LogP contribution in [0.25, 0.3) is 0 Å². The highest BCUT2D eigenvalue weighted by atomic mass is 35.5. The molecule has 1 N–H and O–H groups in total. The minimum atomic E-state index is -0.510. The molecule has 3 fully saturated rings. The third-order valence-electron chi connectivity index (χ3n) is 9.87. The number of thioether (sulfide) groups is 1. The lowest BCUT2D eigenvalue weighted by Crippen LogP contribution is -2.42. The summed E-state index contributed by atoms with van der Waals surface area (Å²) in [6.07, 6.45) is 0.747. The van der Waals surface area contributed by atoms with Crippen molar-refractivity contribution in [3.8, 4) is 11.5 Å². The van der Waals surface area contributed by atoms with Gasteiger partial charge >= 0.3 is 4.87 Å². The van der Waals surface area contributed by atoms with Crippen molar-refractivity contribution < 1.29 is 24.0 Å². The molecular weight excluding hydrogens is 650 g/mol. The number of nitrogens with zero attached hydrogens (tertiary/aromatic N) is 2. The number of carbonyl (C=O) groups is 2. The molecule has 3 heterocycles. The van der Waals surface area contributed by atoms with Crippen LogP contribution >= 0.6 is 34.7 Å². The Bertz CT molecular complexity index is 1980. The number of fused-ring (bicyclic) bond motifs is 9. The van der Waals surface area contributed by atoms with Crippen LogP contribution < -0.4 is 19.2 Å². The van der Waals surface area contributed by atoms with E-state index in [0.717, 1.165) is 27.5 Å². The van der Waals surface area contributed by atoms with Gasteiger partial charge in [-0.05, 0) is 71.7 Å². The molecule has 6 unspecified atom stereocenters. The predicted octanol–water partition coefficient (Wildman–Crippen LogP) is 6.26. The number of carbonyl (C=O) groups excluding carboxylic acids is 2. The van der Waals surface area contributed by atoms with Crippen molar-refractivity contribution >= 4 is 57.9 Å². The zero-order valence-corrected chi connectivity index (χ0v) is 26.6. The SMILES string of the molecule is COc1cc([C@H]2c3sc(=O)[nH]c3SC3C4CC(C5C(=O)N(c6ccc([N+](=O)[O-])cc6)C(=O)C45)C32)ccc1OCc1cccc(Cl)c1. The number of thiazole rings is 1. The number of H-pyrrole nitrogens is 1.